The number of carbonyl (C=O) groups excluding carboxylic acids is 1. The number of hydrogen-bond donors (Lipinski definition) is 1. The van der Waals surface area contributed by atoms with Gasteiger partial charge in [-0.15, -0.1) is 12.4 Å². The summed E-state index contributed by atoms with van der Waals surface area (Å²) in [6, 6.07) is 5.04. The second-order valence-corrected chi connectivity index (χ2v) is 5.10. The second kappa shape index (κ2) is 6.98. The molecule has 1 aromatic carbocycles. The van der Waals surface area contributed by atoms with Crippen LogP contribution in [0.1, 0.15) is 16.8 Å². The normalized spacial score (nSPS) is 16.6. The van der Waals surface area contributed by atoms with E-state index in [1.807, 2.05) is 4.90 Å². The van der Waals surface area contributed by atoms with Gasteiger partial charge in [-0.2, -0.15) is 0 Å². The van der Waals surface area contributed by atoms with Crippen LogP contribution in [0.15, 0.2) is 18.2 Å². The van der Waals surface area contributed by atoms with Crippen molar-refractivity contribution in [2.75, 3.05) is 39.0 Å². The third-order valence-corrected chi connectivity index (χ3v) is 3.54. The van der Waals surface area contributed by atoms with E-state index in [2.05, 4.69) is 11.9 Å². The molecule has 0 unspecified atom stereocenters. The summed E-state index contributed by atoms with van der Waals surface area (Å²) in [6.45, 7) is 3.46. The number of nitrogen functional groups attached to an aromatic ring is 1. The first-order chi connectivity index (χ1) is 8.58. The molecule has 1 heterocycles. The Balaban J connectivity index is 0.00000180. The number of likely N-dealkylation sites (N-methyl/N-ethyl adjacent to an activating group) is 1. The van der Waals surface area contributed by atoms with Crippen molar-refractivity contribution in [3.8, 4) is 0 Å². The van der Waals surface area contributed by atoms with E-state index in [-0.39, 0.29) is 18.3 Å². The average Bonchev–Trinajstić information content (AvgIpc) is 2.53. The fraction of sp³-hybridized carbons (Fsp3) is 0.462. The van der Waals surface area contributed by atoms with Crippen LogP contribution in [0.4, 0.5) is 5.69 Å². The van der Waals surface area contributed by atoms with Gasteiger partial charge in [-0.1, -0.05) is 11.6 Å². The quantitative estimate of drug-likeness (QED) is 0.809. The van der Waals surface area contributed by atoms with Crippen molar-refractivity contribution in [3.63, 3.8) is 0 Å². The lowest BCUT2D eigenvalue weighted by Crippen LogP contribution is -2.34. The molecule has 0 bridgehead atoms. The Morgan fingerprint density at radius 1 is 1.26 bits per heavy atom. The lowest BCUT2D eigenvalue weighted by molar-refractivity contribution is 0.0763. The maximum absolute atomic E-state index is 12.4. The van der Waals surface area contributed by atoms with Crippen LogP contribution in [0, 0.1) is 0 Å². The smallest absolute Gasteiger partial charge is 0.255 e. The summed E-state index contributed by atoms with van der Waals surface area (Å²) in [5.41, 5.74) is 6.75. The molecular formula is C13H19Cl2N3O. The zero-order valence-corrected chi connectivity index (χ0v) is 12.5. The number of carbonyl (C=O) groups is 1. The van der Waals surface area contributed by atoms with Crippen LogP contribution in [0.25, 0.3) is 0 Å². The van der Waals surface area contributed by atoms with Gasteiger partial charge in [0.1, 0.15) is 0 Å². The molecule has 0 saturated carbocycles. The number of benzene rings is 1. The molecule has 1 saturated heterocycles. The van der Waals surface area contributed by atoms with Crippen LogP contribution in [-0.4, -0.2) is 48.9 Å². The molecule has 1 aromatic rings. The van der Waals surface area contributed by atoms with Crippen molar-refractivity contribution >= 4 is 35.6 Å². The third kappa shape index (κ3) is 4.00. The number of anilines is 1. The summed E-state index contributed by atoms with van der Waals surface area (Å²) >= 11 is 6.08. The molecule has 6 heteroatoms. The zero-order valence-electron chi connectivity index (χ0n) is 10.9. The van der Waals surface area contributed by atoms with Gasteiger partial charge >= 0.3 is 0 Å². The van der Waals surface area contributed by atoms with E-state index in [0.29, 0.717) is 16.3 Å². The molecule has 1 fully saturated rings. The van der Waals surface area contributed by atoms with Crippen LogP contribution in [0.3, 0.4) is 0 Å². The van der Waals surface area contributed by atoms with Crippen molar-refractivity contribution in [1.82, 2.24) is 9.80 Å². The third-order valence-electron chi connectivity index (χ3n) is 3.23. The minimum atomic E-state index is -0.00435. The lowest BCUT2D eigenvalue weighted by Gasteiger charge is -2.21. The Morgan fingerprint density at radius 3 is 2.68 bits per heavy atom. The molecule has 1 aliphatic rings. The SMILES string of the molecule is CN1CCCN(C(=O)c2ccc(N)cc2Cl)CC1.Cl. The summed E-state index contributed by atoms with van der Waals surface area (Å²) in [4.78, 5) is 16.5. The van der Waals surface area contributed by atoms with E-state index in [1.165, 1.54) is 0 Å². The van der Waals surface area contributed by atoms with Crippen LogP contribution < -0.4 is 5.73 Å². The first kappa shape index (κ1) is 16.1. The highest BCUT2D eigenvalue weighted by Gasteiger charge is 2.20. The van der Waals surface area contributed by atoms with Crippen LogP contribution in [0.5, 0.6) is 0 Å². The molecule has 19 heavy (non-hydrogen) atoms. The maximum Gasteiger partial charge on any atom is 0.255 e. The van der Waals surface area contributed by atoms with E-state index in [0.717, 1.165) is 32.6 Å². The number of halogens is 2. The minimum absolute atomic E-state index is 0. The monoisotopic (exact) mass is 303 g/mol. The van der Waals surface area contributed by atoms with Gasteiger partial charge in [-0.05, 0) is 38.2 Å². The first-order valence-corrected chi connectivity index (χ1v) is 6.48. The van der Waals surface area contributed by atoms with Crippen molar-refractivity contribution in [3.05, 3.63) is 28.8 Å². The molecule has 4 nitrogen and oxygen atoms in total. The largest absolute Gasteiger partial charge is 0.399 e. The Bertz CT molecular complexity index is 454. The highest BCUT2D eigenvalue weighted by Crippen LogP contribution is 2.21. The Labute approximate surface area is 124 Å². The Kier molecular flexibility index (Phi) is 5.91. The van der Waals surface area contributed by atoms with Gasteiger partial charge in [-0.25, -0.2) is 0 Å². The van der Waals surface area contributed by atoms with Gasteiger partial charge in [0.25, 0.3) is 5.91 Å². The van der Waals surface area contributed by atoms with Gasteiger partial charge in [0, 0.05) is 25.3 Å². The number of hydrogen-bond acceptors (Lipinski definition) is 3. The molecule has 0 aromatic heterocycles. The number of rotatable bonds is 1. The number of amides is 1. The number of nitrogens with two attached hydrogens (primary N) is 1. The number of nitrogens with zero attached hydrogens (tertiary/aromatic N) is 2. The minimum Gasteiger partial charge on any atom is -0.399 e. The molecule has 106 valence electrons. The topological polar surface area (TPSA) is 49.6 Å². The van der Waals surface area contributed by atoms with Crippen LogP contribution in [-0.2, 0) is 0 Å². The summed E-state index contributed by atoms with van der Waals surface area (Å²) in [5, 5.41) is 0.428. The highest BCUT2D eigenvalue weighted by atomic mass is 35.5. The van der Waals surface area contributed by atoms with Gasteiger partial charge in [0.15, 0.2) is 0 Å². The van der Waals surface area contributed by atoms with E-state index < -0.39 is 0 Å². The molecular weight excluding hydrogens is 285 g/mol. The highest BCUT2D eigenvalue weighted by molar-refractivity contribution is 6.34. The van der Waals surface area contributed by atoms with Gasteiger partial charge < -0.3 is 15.5 Å². The first-order valence-electron chi connectivity index (χ1n) is 6.11. The van der Waals surface area contributed by atoms with Crippen molar-refractivity contribution < 1.29 is 4.79 Å². The molecule has 2 N–H and O–H groups in total. The predicted octanol–water partition coefficient (Wildman–Crippen LogP) is 2.12. The van der Waals surface area contributed by atoms with Crippen molar-refractivity contribution in [2.24, 2.45) is 0 Å². The average molecular weight is 304 g/mol. The van der Waals surface area contributed by atoms with Gasteiger partial charge in [0.2, 0.25) is 0 Å². The molecule has 2 rings (SSSR count). The maximum atomic E-state index is 12.4. The van der Waals surface area contributed by atoms with Gasteiger partial charge in [0.05, 0.1) is 10.6 Å². The van der Waals surface area contributed by atoms with E-state index >= 15 is 0 Å². The summed E-state index contributed by atoms with van der Waals surface area (Å²) in [7, 11) is 2.07. The van der Waals surface area contributed by atoms with E-state index in [1.54, 1.807) is 18.2 Å². The molecule has 0 atom stereocenters. The predicted molar refractivity (Wildman–Crippen MR) is 81.1 cm³/mol. The van der Waals surface area contributed by atoms with Crippen LogP contribution >= 0.6 is 24.0 Å². The fourth-order valence-corrected chi connectivity index (χ4v) is 2.39. The molecule has 0 spiro atoms. The van der Waals surface area contributed by atoms with E-state index in [9.17, 15) is 4.79 Å². The molecule has 0 radical (unpaired) electrons. The van der Waals surface area contributed by atoms with Crippen LogP contribution in [0.2, 0.25) is 5.02 Å². The van der Waals surface area contributed by atoms with Gasteiger partial charge in [-0.3, -0.25) is 4.79 Å². The summed E-state index contributed by atoms with van der Waals surface area (Å²) < 4.78 is 0. The lowest BCUT2D eigenvalue weighted by atomic mass is 10.1. The summed E-state index contributed by atoms with van der Waals surface area (Å²) in [5.74, 6) is -0.00435. The Hall–Kier alpha value is -0.970. The standard InChI is InChI=1S/C13H18ClN3O.ClH/c1-16-5-2-6-17(8-7-16)13(18)11-4-3-10(15)9-12(11)14;/h3-4,9H,2,5-8,15H2,1H3;1H. The van der Waals surface area contributed by atoms with Crippen molar-refractivity contribution in [2.45, 2.75) is 6.42 Å². The summed E-state index contributed by atoms with van der Waals surface area (Å²) in [6.07, 6.45) is 0.995. The van der Waals surface area contributed by atoms with E-state index in [4.69, 9.17) is 17.3 Å². The Morgan fingerprint density at radius 2 is 2.00 bits per heavy atom. The molecule has 1 amide bonds. The fourth-order valence-electron chi connectivity index (χ4n) is 2.12. The zero-order chi connectivity index (χ0) is 13.1. The molecule has 0 aliphatic carbocycles. The second-order valence-electron chi connectivity index (χ2n) is 4.69. The van der Waals surface area contributed by atoms with Crippen molar-refractivity contribution in [1.29, 1.82) is 0 Å². The molecule has 1 aliphatic heterocycles.